The lowest BCUT2D eigenvalue weighted by Crippen LogP contribution is -2.60. The van der Waals surface area contributed by atoms with E-state index < -0.39 is 43.1 Å². The Hall–Kier alpha value is -1.91. The number of carbonyl (C=O) groups excluding carboxylic acids is 1. The largest absolute Gasteiger partial charge is 0.507 e. The zero-order chi connectivity index (χ0) is 18.9. The number of ketones is 1. The van der Waals surface area contributed by atoms with Crippen molar-refractivity contribution in [1.82, 2.24) is 0 Å². The van der Waals surface area contributed by atoms with E-state index in [2.05, 4.69) is 0 Å². The molecule has 1 fully saturated rings. The average Bonchev–Trinajstić information content (AvgIpc) is 2.58. The molecule has 5 atom stereocenters. The average molecular weight is 358 g/mol. The molecule has 0 saturated carbocycles. The zero-order valence-corrected chi connectivity index (χ0v) is 14.0. The highest BCUT2D eigenvalue weighted by atomic mass is 16.7. The van der Waals surface area contributed by atoms with Crippen LogP contribution in [-0.4, -0.2) is 75.7 Å². The summed E-state index contributed by atoms with van der Waals surface area (Å²) in [6.45, 7) is 2.16. The van der Waals surface area contributed by atoms with Crippen LogP contribution in [0, 0.1) is 6.92 Å². The molecule has 1 aromatic rings. The third-order valence-electron chi connectivity index (χ3n) is 4.13. The molecule has 0 radical (unpaired) electrons. The SMILES string of the molecule is COc1cc(OC2OC(CO)C(O)C(O)C2O)c(C)c(O)c1C(C)=O. The number of hydrogen-bond donors (Lipinski definition) is 5. The Balaban J connectivity index is 2.36. The quantitative estimate of drug-likeness (QED) is 0.422. The van der Waals surface area contributed by atoms with E-state index in [0.29, 0.717) is 0 Å². The maximum atomic E-state index is 11.7. The van der Waals surface area contributed by atoms with Crippen LogP contribution in [-0.2, 0) is 4.74 Å². The van der Waals surface area contributed by atoms with Crippen LogP contribution in [0.1, 0.15) is 22.8 Å². The Morgan fingerprint density at radius 1 is 1.20 bits per heavy atom. The van der Waals surface area contributed by atoms with E-state index >= 15 is 0 Å². The molecular weight excluding hydrogens is 336 g/mol. The Kier molecular flexibility index (Phi) is 5.86. The van der Waals surface area contributed by atoms with Crippen molar-refractivity contribution in [2.45, 2.75) is 44.6 Å². The molecule has 0 aromatic heterocycles. The summed E-state index contributed by atoms with van der Waals surface area (Å²) in [4.78, 5) is 11.7. The van der Waals surface area contributed by atoms with Gasteiger partial charge in [0.15, 0.2) is 5.78 Å². The zero-order valence-electron chi connectivity index (χ0n) is 14.0. The molecule has 0 aliphatic carbocycles. The highest BCUT2D eigenvalue weighted by Crippen LogP contribution is 2.39. The normalized spacial score (nSPS) is 29.3. The second-order valence-corrected chi connectivity index (χ2v) is 5.80. The van der Waals surface area contributed by atoms with Crippen LogP contribution >= 0.6 is 0 Å². The Morgan fingerprint density at radius 3 is 2.36 bits per heavy atom. The summed E-state index contributed by atoms with van der Waals surface area (Å²) in [5.41, 5.74) is 0.184. The van der Waals surface area contributed by atoms with Crippen molar-refractivity contribution in [2.24, 2.45) is 0 Å². The number of rotatable bonds is 5. The number of aliphatic hydroxyl groups excluding tert-OH is 4. The van der Waals surface area contributed by atoms with Gasteiger partial charge in [-0.1, -0.05) is 0 Å². The smallest absolute Gasteiger partial charge is 0.229 e. The summed E-state index contributed by atoms with van der Waals surface area (Å²) in [6.07, 6.45) is -7.25. The van der Waals surface area contributed by atoms with Crippen molar-refractivity contribution >= 4 is 5.78 Å². The van der Waals surface area contributed by atoms with Gasteiger partial charge in [-0.2, -0.15) is 0 Å². The molecule has 0 amide bonds. The number of carbonyl (C=O) groups is 1. The van der Waals surface area contributed by atoms with Crippen molar-refractivity contribution in [3.63, 3.8) is 0 Å². The second-order valence-electron chi connectivity index (χ2n) is 5.80. The first-order valence-electron chi connectivity index (χ1n) is 7.61. The van der Waals surface area contributed by atoms with Gasteiger partial charge in [0.1, 0.15) is 47.2 Å². The van der Waals surface area contributed by atoms with E-state index in [0.717, 1.165) is 0 Å². The predicted octanol–water partition coefficient (Wildman–Crippen LogP) is -0.909. The number of ether oxygens (including phenoxy) is 3. The Bertz CT molecular complexity index is 643. The molecule has 9 heteroatoms. The summed E-state index contributed by atoms with van der Waals surface area (Å²) in [5.74, 6) is -0.637. The molecule has 1 aromatic carbocycles. The molecule has 5 N–H and O–H groups in total. The van der Waals surface area contributed by atoms with Crippen LogP contribution in [0.15, 0.2) is 6.07 Å². The minimum Gasteiger partial charge on any atom is -0.507 e. The van der Waals surface area contributed by atoms with E-state index in [1.54, 1.807) is 0 Å². The van der Waals surface area contributed by atoms with Crippen LogP contribution in [0.5, 0.6) is 17.2 Å². The minimum absolute atomic E-state index is 0.0128. The van der Waals surface area contributed by atoms with Gasteiger partial charge in [0, 0.05) is 11.6 Å². The van der Waals surface area contributed by atoms with Crippen molar-refractivity contribution in [1.29, 1.82) is 0 Å². The maximum Gasteiger partial charge on any atom is 0.229 e. The number of hydrogen-bond acceptors (Lipinski definition) is 9. The van der Waals surface area contributed by atoms with Crippen LogP contribution in [0.25, 0.3) is 0 Å². The molecular formula is C16H22O9. The van der Waals surface area contributed by atoms with Gasteiger partial charge in [-0.15, -0.1) is 0 Å². The fourth-order valence-electron chi connectivity index (χ4n) is 2.63. The molecule has 5 unspecified atom stereocenters. The van der Waals surface area contributed by atoms with Gasteiger partial charge in [-0.25, -0.2) is 0 Å². The fraction of sp³-hybridized carbons (Fsp3) is 0.562. The highest BCUT2D eigenvalue weighted by Gasteiger charge is 2.45. The number of aromatic hydroxyl groups is 1. The third kappa shape index (κ3) is 3.55. The van der Waals surface area contributed by atoms with E-state index in [9.17, 15) is 30.3 Å². The van der Waals surface area contributed by atoms with Gasteiger partial charge in [-0.05, 0) is 13.8 Å². The van der Waals surface area contributed by atoms with Crippen molar-refractivity contribution < 1.29 is 44.5 Å². The summed E-state index contributed by atoms with van der Waals surface area (Å²) in [7, 11) is 1.31. The van der Waals surface area contributed by atoms with Gasteiger partial charge in [-0.3, -0.25) is 4.79 Å². The first kappa shape index (κ1) is 19.4. The number of aliphatic hydroxyl groups is 4. The third-order valence-corrected chi connectivity index (χ3v) is 4.13. The van der Waals surface area contributed by atoms with Gasteiger partial charge in [0.25, 0.3) is 0 Å². The number of phenolic OH excluding ortho intramolecular Hbond substituents is 1. The molecule has 1 aliphatic heterocycles. The number of methoxy groups -OCH3 is 1. The minimum atomic E-state index is -1.60. The van der Waals surface area contributed by atoms with Gasteiger partial charge in [0.2, 0.25) is 6.29 Å². The summed E-state index contributed by atoms with van der Waals surface area (Å²) in [6, 6.07) is 1.34. The topological polar surface area (TPSA) is 146 Å². The van der Waals surface area contributed by atoms with Crippen LogP contribution in [0.4, 0.5) is 0 Å². The maximum absolute atomic E-state index is 11.7. The monoisotopic (exact) mass is 358 g/mol. The predicted molar refractivity (Wildman–Crippen MR) is 83.8 cm³/mol. The number of benzene rings is 1. The lowest BCUT2D eigenvalue weighted by atomic mass is 9.99. The van der Waals surface area contributed by atoms with Crippen molar-refractivity contribution in [3.8, 4) is 17.2 Å². The number of phenols is 1. The second kappa shape index (κ2) is 7.54. The van der Waals surface area contributed by atoms with Crippen molar-refractivity contribution in [3.05, 3.63) is 17.2 Å². The Labute approximate surface area is 144 Å². The molecule has 1 aliphatic rings. The van der Waals surface area contributed by atoms with E-state index in [4.69, 9.17) is 14.2 Å². The van der Waals surface area contributed by atoms with Crippen LogP contribution in [0.2, 0.25) is 0 Å². The van der Waals surface area contributed by atoms with Crippen LogP contribution in [0.3, 0.4) is 0 Å². The molecule has 1 heterocycles. The van der Waals surface area contributed by atoms with Crippen LogP contribution < -0.4 is 9.47 Å². The van der Waals surface area contributed by atoms with Crippen molar-refractivity contribution in [2.75, 3.05) is 13.7 Å². The first-order chi connectivity index (χ1) is 11.7. The molecule has 25 heavy (non-hydrogen) atoms. The van der Waals surface area contributed by atoms with Gasteiger partial charge < -0.3 is 39.7 Å². The molecule has 140 valence electrons. The lowest BCUT2D eigenvalue weighted by molar-refractivity contribution is -0.277. The highest BCUT2D eigenvalue weighted by molar-refractivity contribution is 6.00. The summed E-state index contributed by atoms with van der Waals surface area (Å²) >= 11 is 0. The van der Waals surface area contributed by atoms with Gasteiger partial charge in [0.05, 0.1) is 13.7 Å². The number of Topliss-reactive ketones (excluding diaryl/α,β-unsaturated/α-hetero) is 1. The van der Waals surface area contributed by atoms with E-state index in [-0.39, 0.29) is 28.4 Å². The molecule has 0 bridgehead atoms. The molecule has 0 spiro atoms. The van der Waals surface area contributed by atoms with E-state index in [1.807, 2.05) is 0 Å². The summed E-state index contributed by atoms with van der Waals surface area (Å²) < 4.78 is 15.8. The molecule has 1 saturated heterocycles. The van der Waals surface area contributed by atoms with Gasteiger partial charge >= 0.3 is 0 Å². The summed E-state index contributed by atoms with van der Waals surface area (Å²) in [5, 5.41) is 49.0. The standard InChI is InChI=1S/C16H22O9/c1-6-8(4-9(23-3)11(7(2)18)12(6)19)24-16-15(22)14(21)13(20)10(5-17)25-16/h4,10,13-17,19-22H,5H2,1-3H3. The van der Waals surface area contributed by atoms with E-state index in [1.165, 1.54) is 27.0 Å². The Morgan fingerprint density at radius 2 is 1.84 bits per heavy atom. The lowest BCUT2D eigenvalue weighted by Gasteiger charge is -2.39. The molecule has 9 nitrogen and oxygen atoms in total. The molecule has 2 rings (SSSR count). The fourth-order valence-corrected chi connectivity index (χ4v) is 2.63. The first-order valence-corrected chi connectivity index (χ1v) is 7.61.